The van der Waals surface area contributed by atoms with E-state index in [2.05, 4.69) is 69.2 Å². The maximum atomic E-state index is 6.31. The number of hydrogen-bond acceptors (Lipinski definition) is 3. The lowest BCUT2D eigenvalue weighted by Gasteiger charge is -2.39. The highest BCUT2D eigenvalue weighted by Gasteiger charge is 2.33. The standard InChI is InChI=1S/C19H40O3/c1-14(2)12-20-16(5)11-18(7,8)22-17(6)19(9,10)21-13-15(3)4/h14-17H,11-13H2,1-10H3. The fourth-order valence-corrected chi connectivity index (χ4v) is 2.28. The minimum Gasteiger partial charge on any atom is -0.378 e. The lowest BCUT2D eigenvalue weighted by molar-refractivity contribution is -0.178. The Bertz CT molecular complexity index is 295. The van der Waals surface area contributed by atoms with Crippen LogP contribution in [0.15, 0.2) is 0 Å². The Morgan fingerprint density at radius 2 is 1.27 bits per heavy atom. The molecule has 0 aromatic carbocycles. The smallest absolute Gasteiger partial charge is 0.0884 e. The Kier molecular flexibility index (Phi) is 9.19. The van der Waals surface area contributed by atoms with Crippen molar-refractivity contribution in [3.8, 4) is 0 Å². The molecule has 0 amide bonds. The second-order valence-corrected chi connectivity index (χ2v) is 8.57. The molecule has 0 N–H and O–H groups in total. The second kappa shape index (κ2) is 9.24. The maximum Gasteiger partial charge on any atom is 0.0884 e. The molecule has 0 saturated heterocycles. The van der Waals surface area contributed by atoms with Crippen molar-refractivity contribution in [3.05, 3.63) is 0 Å². The van der Waals surface area contributed by atoms with E-state index in [0.717, 1.165) is 19.6 Å². The molecule has 22 heavy (non-hydrogen) atoms. The molecule has 0 aromatic rings. The van der Waals surface area contributed by atoms with Crippen LogP contribution in [0.2, 0.25) is 0 Å². The Morgan fingerprint density at radius 1 is 0.773 bits per heavy atom. The predicted molar refractivity (Wildman–Crippen MR) is 94.4 cm³/mol. The zero-order valence-corrected chi connectivity index (χ0v) is 16.7. The van der Waals surface area contributed by atoms with Crippen molar-refractivity contribution >= 4 is 0 Å². The minimum absolute atomic E-state index is 0.0264. The van der Waals surface area contributed by atoms with Gasteiger partial charge in [0.25, 0.3) is 0 Å². The number of hydrogen-bond donors (Lipinski definition) is 0. The molecular weight excluding hydrogens is 276 g/mol. The highest BCUT2D eigenvalue weighted by molar-refractivity contribution is 4.82. The molecular formula is C19H40O3. The molecule has 0 rings (SSSR count). The summed E-state index contributed by atoms with van der Waals surface area (Å²) in [5.74, 6) is 1.10. The summed E-state index contributed by atoms with van der Waals surface area (Å²) in [6.07, 6.45) is 1.10. The van der Waals surface area contributed by atoms with Crippen LogP contribution in [-0.2, 0) is 14.2 Å². The summed E-state index contributed by atoms with van der Waals surface area (Å²) in [5.41, 5.74) is -0.516. The average molecular weight is 317 g/mol. The second-order valence-electron chi connectivity index (χ2n) is 8.57. The van der Waals surface area contributed by atoms with Crippen LogP contribution in [0.4, 0.5) is 0 Å². The molecule has 0 bridgehead atoms. The summed E-state index contributed by atoms with van der Waals surface area (Å²) < 4.78 is 18.2. The topological polar surface area (TPSA) is 27.7 Å². The van der Waals surface area contributed by atoms with Gasteiger partial charge in [-0.15, -0.1) is 0 Å². The van der Waals surface area contributed by atoms with Crippen LogP contribution < -0.4 is 0 Å². The van der Waals surface area contributed by atoms with E-state index in [0.29, 0.717) is 11.8 Å². The van der Waals surface area contributed by atoms with Crippen molar-refractivity contribution < 1.29 is 14.2 Å². The average Bonchev–Trinajstić information content (AvgIpc) is 2.32. The van der Waals surface area contributed by atoms with Crippen LogP contribution in [0.3, 0.4) is 0 Å². The van der Waals surface area contributed by atoms with Gasteiger partial charge < -0.3 is 14.2 Å². The van der Waals surface area contributed by atoms with Gasteiger partial charge in [-0.2, -0.15) is 0 Å². The van der Waals surface area contributed by atoms with Gasteiger partial charge in [-0.05, 0) is 53.4 Å². The van der Waals surface area contributed by atoms with Gasteiger partial charge in [0.1, 0.15) is 0 Å². The number of ether oxygens (including phenoxy) is 3. The summed E-state index contributed by atoms with van der Waals surface area (Å²) in [7, 11) is 0. The van der Waals surface area contributed by atoms with Crippen molar-refractivity contribution in [2.45, 2.75) is 99.1 Å². The molecule has 0 heterocycles. The first-order chi connectivity index (χ1) is 9.85. The Labute approximate surface area is 139 Å². The minimum atomic E-state index is -0.288. The fraction of sp³-hybridized carbons (Fsp3) is 1.00. The highest BCUT2D eigenvalue weighted by atomic mass is 16.6. The molecule has 2 unspecified atom stereocenters. The van der Waals surface area contributed by atoms with E-state index in [9.17, 15) is 0 Å². The van der Waals surface area contributed by atoms with E-state index in [1.807, 2.05) is 0 Å². The van der Waals surface area contributed by atoms with Crippen LogP contribution in [-0.4, -0.2) is 36.6 Å². The molecule has 2 atom stereocenters. The maximum absolute atomic E-state index is 6.31. The first-order valence-corrected chi connectivity index (χ1v) is 8.79. The molecule has 0 radical (unpaired) electrons. The zero-order valence-electron chi connectivity index (χ0n) is 16.7. The molecule has 3 heteroatoms. The summed E-state index contributed by atoms with van der Waals surface area (Å²) in [5, 5.41) is 0. The van der Waals surface area contributed by atoms with E-state index in [4.69, 9.17) is 14.2 Å². The highest BCUT2D eigenvalue weighted by Crippen LogP contribution is 2.27. The fourth-order valence-electron chi connectivity index (χ4n) is 2.28. The van der Waals surface area contributed by atoms with Gasteiger partial charge in [0.05, 0.1) is 23.4 Å². The third-order valence-electron chi connectivity index (χ3n) is 3.76. The van der Waals surface area contributed by atoms with Crippen LogP contribution in [0, 0.1) is 11.8 Å². The van der Waals surface area contributed by atoms with Crippen LogP contribution in [0.5, 0.6) is 0 Å². The third kappa shape index (κ3) is 9.81. The summed E-state index contributed by atoms with van der Waals surface area (Å²) in [6, 6.07) is 0. The van der Waals surface area contributed by atoms with Crippen molar-refractivity contribution in [2.75, 3.05) is 13.2 Å². The quantitative estimate of drug-likeness (QED) is 0.532. The molecule has 0 aromatic heterocycles. The van der Waals surface area contributed by atoms with Crippen molar-refractivity contribution in [1.29, 1.82) is 0 Å². The molecule has 0 fully saturated rings. The molecule has 0 saturated carbocycles. The van der Waals surface area contributed by atoms with E-state index in [1.165, 1.54) is 0 Å². The normalized spacial score (nSPS) is 16.4. The molecule has 3 nitrogen and oxygen atoms in total. The Morgan fingerprint density at radius 3 is 1.73 bits per heavy atom. The van der Waals surface area contributed by atoms with Crippen molar-refractivity contribution in [1.82, 2.24) is 0 Å². The van der Waals surface area contributed by atoms with Crippen LogP contribution in [0.25, 0.3) is 0 Å². The van der Waals surface area contributed by atoms with E-state index >= 15 is 0 Å². The van der Waals surface area contributed by atoms with E-state index in [-0.39, 0.29) is 23.4 Å². The van der Waals surface area contributed by atoms with Gasteiger partial charge >= 0.3 is 0 Å². The molecule has 0 aliphatic rings. The van der Waals surface area contributed by atoms with Gasteiger partial charge in [-0.1, -0.05) is 27.7 Å². The lowest BCUT2D eigenvalue weighted by Crippen LogP contribution is -2.45. The molecule has 0 aliphatic heterocycles. The monoisotopic (exact) mass is 316 g/mol. The SMILES string of the molecule is CC(C)COC(C)CC(C)(C)OC(C)C(C)(C)OCC(C)C. The molecule has 0 aliphatic carbocycles. The Balaban J connectivity index is 4.42. The molecule has 134 valence electrons. The van der Waals surface area contributed by atoms with E-state index in [1.54, 1.807) is 0 Å². The number of rotatable bonds is 11. The van der Waals surface area contributed by atoms with Gasteiger partial charge in [0.15, 0.2) is 0 Å². The molecule has 0 spiro atoms. The van der Waals surface area contributed by atoms with Crippen LogP contribution >= 0.6 is 0 Å². The van der Waals surface area contributed by atoms with Gasteiger partial charge in [0.2, 0.25) is 0 Å². The Hall–Kier alpha value is -0.120. The first kappa shape index (κ1) is 21.9. The largest absolute Gasteiger partial charge is 0.378 e. The van der Waals surface area contributed by atoms with E-state index < -0.39 is 0 Å². The predicted octanol–water partition coefficient (Wildman–Crippen LogP) is 5.07. The van der Waals surface area contributed by atoms with Crippen LogP contribution in [0.1, 0.15) is 75.7 Å². The summed E-state index contributed by atoms with van der Waals surface area (Å²) in [6.45, 7) is 22.9. The van der Waals surface area contributed by atoms with Gasteiger partial charge in [-0.3, -0.25) is 0 Å². The lowest BCUT2D eigenvalue weighted by atomic mass is 9.97. The van der Waals surface area contributed by atoms with Crippen molar-refractivity contribution in [2.24, 2.45) is 11.8 Å². The van der Waals surface area contributed by atoms with Gasteiger partial charge in [-0.25, -0.2) is 0 Å². The first-order valence-electron chi connectivity index (χ1n) is 8.79. The van der Waals surface area contributed by atoms with Crippen molar-refractivity contribution in [3.63, 3.8) is 0 Å². The third-order valence-corrected chi connectivity index (χ3v) is 3.76. The summed E-state index contributed by atoms with van der Waals surface area (Å²) in [4.78, 5) is 0. The summed E-state index contributed by atoms with van der Waals surface area (Å²) >= 11 is 0. The van der Waals surface area contributed by atoms with Gasteiger partial charge in [0, 0.05) is 19.6 Å². The zero-order chi connectivity index (χ0) is 17.6.